The molecule has 0 aliphatic carbocycles. The highest BCUT2D eigenvalue weighted by atomic mass is 31.1. The van der Waals surface area contributed by atoms with E-state index < -0.39 is 23.4 Å². The minimum Gasteiger partial charge on any atom is -0.326 e. The Morgan fingerprint density at radius 1 is 0.909 bits per heavy atom. The molecular formula is CH8F2O6P2. The van der Waals surface area contributed by atoms with E-state index in [2.05, 4.69) is 0 Å². The van der Waals surface area contributed by atoms with Crippen LogP contribution in [0.25, 0.3) is 0 Å². The first kappa shape index (κ1) is 17.3. The van der Waals surface area contributed by atoms with Gasteiger partial charge in [0.15, 0.2) is 0 Å². The van der Waals surface area contributed by atoms with Gasteiger partial charge in [-0.1, -0.05) is 0 Å². The van der Waals surface area contributed by atoms with Crippen LogP contribution in [0.3, 0.4) is 0 Å². The molecule has 6 nitrogen and oxygen atoms in total. The lowest BCUT2D eigenvalue weighted by Crippen LogP contribution is -1.38. The van der Waals surface area contributed by atoms with Crippen LogP contribution in [0.5, 0.6) is 0 Å². The van der Waals surface area contributed by atoms with Gasteiger partial charge in [-0.25, -0.2) is 8.78 Å². The van der Waals surface area contributed by atoms with E-state index in [1.165, 1.54) is 0 Å². The molecule has 0 saturated heterocycles. The minimum atomic E-state index is -3.13. The predicted molar refractivity (Wildman–Crippen MR) is 34.0 cm³/mol. The van der Waals surface area contributed by atoms with Crippen LogP contribution in [0.1, 0.15) is 0 Å². The molecule has 0 amide bonds. The second-order valence-corrected chi connectivity index (χ2v) is 1.80. The Balaban J connectivity index is -0.0000000886. The average molecular weight is 216 g/mol. The summed E-state index contributed by atoms with van der Waals surface area (Å²) in [5.41, 5.74) is 0. The summed E-state index contributed by atoms with van der Waals surface area (Å²) in [5.74, 6) is 0. The highest BCUT2D eigenvalue weighted by Crippen LogP contribution is 1.98. The molecule has 0 bridgehead atoms. The molecule has 10 heteroatoms. The van der Waals surface area contributed by atoms with Crippen LogP contribution in [0.15, 0.2) is 0 Å². The van der Waals surface area contributed by atoms with Crippen molar-refractivity contribution in [3.63, 3.8) is 0 Å². The van der Waals surface area contributed by atoms with Crippen molar-refractivity contribution in [2.24, 2.45) is 0 Å². The van der Waals surface area contributed by atoms with Gasteiger partial charge in [-0.2, -0.15) is 0 Å². The highest BCUT2D eigenvalue weighted by molar-refractivity contribution is 7.31. The van der Waals surface area contributed by atoms with Crippen molar-refractivity contribution in [1.82, 2.24) is 0 Å². The Morgan fingerprint density at radius 3 is 0.909 bits per heavy atom. The second-order valence-electron chi connectivity index (χ2n) is 0.666. The molecule has 0 atom stereocenters. The van der Waals surface area contributed by atoms with Gasteiger partial charge in [-0.3, -0.25) is 9.13 Å². The van der Waals surface area contributed by atoms with Crippen molar-refractivity contribution in [2.75, 3.05) is 6.93 Å². The standard InChI is InChI=1S/CH2F2.2H3O3P/c2-1-3;2*1-4(2)3/h1H2;2*4H,(H2,1,2,3). The molecule has 0 aliphatic rings. The summed E-state index contributed by atoms with van der Waals surface area (Å²) in [7, 11) is -6.26. The molecule has 4 N–H and O–H groups in total. The maximum absolute atomic E-state index is 9.62. The largest absolute Gasteiger partial charge is 0.326 e. The quantitative estimate of drug-likeness (QED) is 0.409. The van der Waals surface area contributed by atoms with E-state index in [9.17, 15) is 8.78 Å². The molecule has 0 radical (unpaired) electrons. The molecule has 11 heavy (non-hydrogen) atoms. The fraction of sp³-hybridized carbons (Fsp3) is 1.00. The zero-order valence-corrected chi connectivity index (χ0v) is 7.07. The van der Waals surface area contributed by atoms with E-state index in [0.717, 1.165) is 0 Å². The van der Waals surface area contributed by atoms with Crippen molar-refractivity contribution in [2.45, 2.75) is 0 Å². The van der Waals surface area contributed by atoms with Crippen LogP contribution >= 0.6 is 16.5 Å². The van der Waals surface area contributed by atoms with Crippen molar-refractivity contribution in [3.8, 4) is 0 Å². The van der Waals surface area contributed by atoms with Gasteiger partial charge in [0, 0.05) is 0 Å². The maximum atomic E-state index is 9.62. The van der Waals surface area contributed by atoms with E-state index >= 15 is 0 Å². The molecule has 0 rings (SSSR count). The molecule has 72 valence electrons. The molecule has 0 heterocycles. The third-order valence-electron chi connectivity index (χ3n) is 0. The molecule has 0 aromatic rings. The number of hydrogen-bond donors (Lipinski definition) is 4. The Labute approximate surface area is 62.0 Å². The smallest absolute Gasteiger partial charge is 0.314 e. The fourth-order valence-corrected chi connectivity index (χ4v) is 0. The number of hydrogen-bond acceptors (Lipinski definition) is 2. The Bertz CT molecular complexity index is 86.8. The summed E-state index contributed by atoms with van der Waals surface area (Å²) >= 11 is 0. The van der Waals surface area contributed by atoms with Crippen molar-refractivity contribution >= 4 is 16.5 Å². The first-order valence-electron chi connectivity index (χ1n) is 1.84. The lowest BCUT2D eigenvalue weighted by atomic mass is 11.7. The molecule has 0 saturated carbocycles. The third-order valence-corrected chi connectivity index (χ3v) is 0. The molecular weight excluding hydrogens is 208 g/mol. The molecule has 0 aromatic heterocycles. The van der Waals surface area contributed by atoms with Gasteiger partial charge in [-0.15, -0.1) is 0 Å². The maximum Gasteiger partial charge on any atom is 0.314 e. The van der Waals surface area contributed by atoms with Crippen LogP contribution in [-0.2, 0) is 9.13 Å². The van der Waals surface area contributed by atoms with Crippen molar-refractivity contribution in [3.05, 3.63) is 0 Å². The average Bonchev–Trinajstić information content (AvgIpc) is 1.60. The highest BCUT2D eigenvalue weighted by Gasteiger charge is 1.62. The summed E-state index contributed by atoms with van der Waals surface area (Å²) < 4.78 is 36.7. The van der Waals surface area contributed by atoms with Crippen LogP contribution in [0, 0.1) is 0 Å². The Morgan fingerprint density at radius 2 is 0.909 bits per heavy atom. The van der Waals surface area contributed by atoms with Gasteiger partial charge in [-0.05, 0) is 0 Å². The topological polar surface area (TPSA) is 115 Å². The minimum absolute atomic E-state index is 1.75. The molecule has 0 unspecified atom stereocenters. The summed E-state index contributed by atoms with van der Waals surface area (Å²) in [6, 6.07) is 0. The molecule has 0 aromatic carbocycles. The normalized spacial score (nSPS) is 8.00. The number of rotatable bonds is 0. The van der Waals surface area contributed by atoms with Crippen molar-refractivity contribution in [1.29, 1.82) is 0 Å². The Kier molecular flexibility index (Phi) is 26.2. The zero-order valence-electron chi connectivity index (χ0n) is 5.07. The molecule has 0 aliphatic heterocycles. The van der Waals surface area contributed by atoms with Crippen LogP contribution in [-0.4, -0.2) is 26.5 Å². The predicted octanol–water partition coefficient (Wildman–Crippen LogP) is -0.396. The summed E-state index contributed by atoms with van der Waals surface area (Å²) in [6.45, 7) is -1.75. The summed E-state index contributed by atoms with van der Waals surface area (Å²) in [5, 5.41) is 0. The molecule has 0 spiro atoms. The molecule has 0 fully saturated rings. The van der Waals surface area contributed by atoms with Gasteiger partial charge >= 0.3 is 16.5 Å². The second kappa shape index (κ2) is 16.6. The lowest BCUT2D eigenvalue weighted by Gasteiger charge is -1.61. The van der Waals surface area contributed by atoms with E-state index in [1.807, 2.05) is 0 Å². The van der Waals surface area contributed by atoms with Crippen LogP contribution < -0.4 is 0 Å². The summed E-state index contributed by atoms with van der Waals surface area (Å²) in [6.07, 6.45) is 0. The van der Waals surface area contributed by atoms with E-state index in [4.69, 9.17) is 28.7 Å². The SMILES string of the molecule is FCF.O=[PH](O)O.O=[PH](O)O. The monoisotopic (exact) mass is 216 g/mol. The Hall–Kier alpha value is 0.160. The van der Waals surface area contributed by atoms with Crippen LogP contribution in [0.2, 0.25) is 0 Å². The number of halogens is 2. The van der Waals surface area contributed by atoms with Gasteiger partial charge in [0.1, 0.15) is 0 Å². The fourth-order valence-electron chi connectivity index (χ4n) is 0. The zero-order chi connectivity index (χ0) is 9.86. The first-order chi connectivity index (χ1) is 4.88. The van der Waals surface area contributed by atoms with Gasteiger partial charge in [0.05, 0.1) is 0 Å². The first-order valence-corrected chi connectivity index (χ1v) is 4.44. The lowest BCUT2D eigenvalue weighted by molar-refractivity contribution is 0.295. The summed E-state index contributed by atoms with van der Waals surface area (Å²) in [4.78, 5) is 28.6. The van der Waals surface area contributed by atoms with Crippen molar-refractivity contribution < 1.29 is 37.5 Å². The number of alkyl halides is 2. The van der Waals surface area contributed by atoms with E-state index in [0.29, 0.717) is 0 Å². The van der Waals surface area contributed by atoms with Crippen LogP contribution in [0.4, 0.5) is 8.78 Å². The van der Waals surface area contributed by atoms with E-state index in [-0.39, 0.29) is 0 Å². The van der Waals surface area contributed by atoms with Gasteiger partial charge in [0.2, 0.25) is 6.93 Å². The van der Waals surface area contributed by atoms with Gasteiger partial charge < -0.3 is 19.6 Å². The van der Waals surface area contributed by atoms with E-state index in [1.54, 1.807) is 0 Å². The third kappa shape index (κ3) is 26400. The van der Waals surface area contributed by atoms with Gasteiger partial charge in [0.25, 0.3) is 0 Å².